The number of carbonyl (C=O) groups excluding carboxylic acids is 2. The fraction of sp³-hybridized carbons (Fsp3) is 0.353. The van der Waals surface area contributed by atoms with E-state index < -0.39 is 17.2 Å². The number of Topliss-reactive ketones (excluding diaryl/α,β-unsaturated/α-hetero) is 1. The number of aromatic nitrogens is 5. The number of aromatic amines is 1. The lowest BCUT2D eigenvalue weighted by Crippen LogP contribution is -2.37. The van der Waals surface area contributed by atoms with E-state index in [-0.39, 0.29) is 29.2 Å². The van der Waals surface area contributed by atoms with Gasteiger partial charge < -0.3 is 14.3 Å². The molecule has 0 amide bonds. The van der Waals surface area contributed by atoms with Crippen molar-refractivity contribution in [3.63, 3.8) is 0 Å². The van der Waals surface area contributed by atoms with E-state index in [1.54, 1.807) is 13.8 Å². The normalized spacial score (nSPS) is 11.1. The SMILES string of the molecule is COC(=O)c1c(C)[nH]c(C(=O)Cn2cnc3c2c(=O)n(C)c(=O)n3C)c1C. The fourth-order valence-corrected chi connectivity index (χ4v) is 3.19. The number of rotatable bonds is 4. The van der Waals surface area contributed by atoms with Crippen molar-refractivity contribution in [2.75, 3.05) is 7.11 Å². The van der Waals surface area contributed by atoms with E-state index in [0.29, 0.717) is 16.8 Å². The first-order chi connectivity index (χ1) is 12.7. The summed E-state index contributed by atoms with van der Waals surface area (Å²) < 4.78 is 8.35. The molecule has 0 aliphatic carbocycles. The van der Waals surface area contributed by atoms with E-state index in [9.17, 15) is 19.2 Å². The third kappa shape index (κ3) is 2.69. The average molecular weight is 373 g/mol. The molecule has 0 fully saturated rings. The summed E-state index contributed by atoms with van der Waals surface area (Å²) >= 11 is 0. The van der Waals surface area contributed by atoms with Gasteiger partial charge in [0.2, 0.25) is 0 Å². The minimum Gasteiger partial charge on any atom is -0.465 e. The molecule has 0 spiro atoms. The van der Waals surface area contributed by atoms with Gasteiger partial charge in [-0.3, -0.25) is 18.7 Å². The van der Waals surface area contributed by atoms with Crippen LogP contribution in [0.4, 0.5) is 0 Å². The van der Waals surface area contributed by atoms with Crippen LogP contribution in [0.3, 0.4) is 0 Å². The number of ether oxygens (including phenoxy) is 1. The number of methoxy groups -OCH3 is 1. The zero-order valence-corrected chi connectivity index (χ0v) is 15.6. The molecule has 0 bridgehead atoms. The van der Waals surface area contributed by atoms with Gasteiger partial charge in [-0.1, -0.05) is 0 Å². The number of nitrogens with zero attached hydrogens (tertiary/aromatic N) is 4. The van der Waals surface area contributed by atoms with Gasteiger partial charge in [0.05, 0.1) is 31.2 Å². The average Bonchev–Trinajstić information content (AvgIpc) is 3.18. The largest absolute Gasteiger partial charge is 0.465 e. The highest BCUT2D eigenvalue weighted by Gasteiger charge is 2.23. The van der Waals surface area contributed by atoms with Gasteiger partial charge in [0.25, 0.3) is 5.56 Å². The molecule has 3 rings (SSSR count). The van der Waals surface area contributed by atoms with Gasteiger partial charge in [-0.05, 0) is 19.4 Å². The first-order valence-electron chi connectivity index (χ1n) is 8.10. The van der Waals surface area contributed by atoms with Crippen LogP contribution in [0.5, 0.6) is 0 Å². The Balaban J connectivity index is 2.07. The van der Waals surface area contributed by atoms with Crippen molar-refractivity contribution in [2.24, 2.45) is 14.1 Å². The number of H-pyrrole nitrogens is 1. The van der Waals surface area contributed by atoms with Crippen molar-refractivity contribution >= 4 is 22.9 Å². The highest BCUT2D eigenvalue weighted by molar-refractivity contribution is 6.01. The van der Waals surface area contributed by atoms with E-state index >= 15 is 0 Å². The van der Waals surface area contributed by atoms with E-state index in [2.05, 4.69) is 9.97 Å². The summed E-state index contributed by atoms with van der Waals surface area (Å²) in [6, 6.07) is 0. The fourth-order valence-electron chi connectivity index (χ4n) is 3.19. The number of carbonyl (C=O) groups is 2. The molecular weight excluding hydrogens is 354 g/mol. The molecule has 0 aliphatic rings. The third-order valence-corrected chi connectivity index (χ3v) is 4.64. The Morgan fingerprint density at radius 2 is 1.85 bits per heavy atom. The summed E-state index contributed by atoms with van der Waals surface area (Å²) in [6.45, 7) is 3.15. The molecular formula is C17H19N5O5. The third-order valence-electron chi connectivity index (χ3n) is 4.64. The van der Waals surface area contributed by atoms with Crippen LogP contribution < -0.4 is 11.2 Å². The number of esters is 1. The molecule has 3 aromatic rings. The minimum absolute atomic E-state index is 0.155. The number of ketones is 1. The number of aryl methyl sites for hydroxylation is 2. The monoisotopic (exact) mass is 373 g/mol. The van der Waals surface area contributed by atoms with Crippen LogP contribution in [-0.4, -0.2) is 42.5 Å². The minimum atomic E-state index is -0.534. The van der Waals surface area contributed by atoms with Crippen molar-refractivity contribution in [2.45, 2.75) is 20.4 Å². The summed E-state index contributed by atoms with van der Waals surface area (Å²) in [7, 11) is 4.14. The van der Waals surface area contributed by atoms with E-state index in [1.807, 2.05) is 0 Å². The Hall–Kier alpha value is -3.43. The zero-order valence-electron chi connectivity index (χ0n) is 15.6. The van der Waals surface area contributed by atoms with Crippen LogP contribution in [0.15, 0.2) is 15.9 Å². The predicted octanol–water partition coefficient (Wildman–Crippen LogP) is 0.0481. The van der Waals surface area contributed by atoms with Gasteiger partial charge >= 0.3 is 11.7 Å². The number of hydrogen-bond donors (Lipinski definition) is 1. The zero-order chi connectivity index (χ0) is 20.0. The van der Waals surface area contributed by atoms with Crippen LogP contribution in [0.25, 0.3) is 11.2 Å². The van der Waals surface area contributed by atoms with E-state index in [1.165, 1.54) is 36.7 Å². The molecule has 0 aromatic carbocycles. The highest BCUT2D eigenvalue weighted by atomic mass is 16.5. The van der Waals surface area contributed by atoms with E-state index in [4.69, 9.17) is 4.74 Å². The summed E-state index contributed by atoms with van der Waals surface area (Å²) in [5, 5.41) is 0. The Morgan fingerprint density at radius 3 is 2.48 bits per heavy atom. The molecule has 1 N–H and O–H groups in total. The molecule has 10 heteroatoms. The number of hydrogen-bond acceptors (Lipinski definition) is 6. The predicted molar refractivity (Wildman–Crippen MR) is 96.2 cm³/mol. The Bertz CT molecular complexity index is 1210. The topological polar surface area (TPSA) is 121 Å². The van der Waals surface area contributed by atoms with Crippen LogP contribution in [0.2, 0.25) is 0 Å². The van der Waals surface area contributed by atoms with Gasteiger partial charge in [-0.2, -0.15) is 0 Å². The lowest BCUT2D eigenvalue weighted by molar-refractivity contribution is 0.0599. The Morgan fingerprint density at radius 1 is 1.19 bits per heavy atom. The van der Waals surface area contributed by atoms with Crippen molar-refractivity contribution in [3.05, 3.63) is 49.7 Å². The summed E-state index contributed by atoms with van der Waals surface area (Å²) in [5.74, 6) is -0.863. The number of fused-ring (bicyclic) bond motifs is 1. The smallest absolute Gasteiger partial charge is 0.339 e. The second kappa shape index (κ2) is 6.38. The molecule has 10 nitrogen and oxygen atoms in total. The van der Waals surface area contributed by atoms with Crippen LogP contribution >= 0.6 is 0 Å². The second-order valence-electron chi connectivity index (χ2n) is 6.29. The lowest BCUT2D eigenvalue weighted by atomic mass is 10.1. The molecule has 0 radical (unpaired) electrons. The number of imidazole rings is 1. The molecule has 0 saturated heterocycles. The Labute approximate surface area is 153 Å². The summed E-state index contributed by atoms with van der Waals surface area (Å²) in [6.07, 6.45) is 1.34. The van der Waals surface area contributed by atoms with Crippen molar-refractivity contribution < 1.29 is 14.3 Å². The molecule has 0 atom stereocenters. The molecule has 0 aliphatic heterocycles. The Kier molecular flexibility index (Phi) is 4.34. The van der Waals surface area contributed by atoms with Gasteiger partial charge in [0.15, 0.2) is 16.9 Å². The van der Waals surface area contributed by atoms with Gasteiger partial charge in [0, 0.05) is 19.8 Å². The summed E-state index contributed by atoms with van der Waals surface area (Å²) in [4.78, 5) is 56.1. The maximum absolute atomic E-state index is 12.8. The quantitative estimate of drug-likeness (QED) is 0.509. The lowest BCUT2D eigenvalue weighted by Gasteiger charge is -2.06. The van der Waals surface area contributed by atoms with Crippen LogP contribution in [-0.2, 0) is 25.4 Å². The van der Waals surface area contributed by atoms with Crippen LogP contribution in [0.1, 0.15) is 32.1 Å². The molecule has 3 aromatic heterocycles. The first-order valence-corrected chi connectivity index (χ1v) is 8.10. The first kappa shape index (κ1) is 18.4. The maximum Gasteiger partial charge on any atom is 0.339 e. The molecule has 27 heavy (non-hydrogen) atoms. The van der Waals surface area contributed by atoms with Crippen molar-refractivity contribution in [1.82, 2.24) is 23.7 Å². The van der Waals surface area contributed by atoms with Gasteiger partial charge in [-0.15, -0.1) is 0 Å². The summed E-state index contributed by atoms with van der Waals surface area (Å²) in [5.41, 5.74) is 0.903. The molecule has 0 saturated carbocycles. The van der Waals surface area contributed by atoms with Gasteiger partial charge in [0.1, 0.15) is 0 Å². The second-order valence-corrected chi connectivity index (χ2v) is 6.29. The molecule has 142 valence electrons. The van der Waals surface area contributed by atoms with Crippen LogP contribution in [0, 0.1) is 13.8 Å². The van der Waals surface area contributed by atoms with Gasteiger partial charge in [-0.25, -0.2) is 14.6 Å². The highest BCUT2D eigenvalue weighted by Crippen LogP contribution is 2.20. The molecule has 3 heterocycles. The van der Waals surface area contributed by atoms with E-state index in [0.717, 1.165) is 4.57 Å². The van der Waals surface area contributed by atoms with Crippen molar-refractivity contribution in [3.8, 4) is 0 Å². The number of nitrogens with one attached hydrogen (secondary N) is 1. The standard InChI is InChI=1S/C17H19N5O5/c1-8-11(16(25)27-5)9(2)19-12(8)10(23)6-22-7-18-14-13(22)15(24)21(4)17(26)20(14)3/h7,19H,6H2,1-5H3. The van der Waals surface area contributed by atoms with Crippen molar-refractivity contribution in [1.29, 1.82) is 0 Å². The maximum atomic E-state index is 12.8. The molecule has 0 unspecified atom stereocenters.